The Morgan fingerprint density at radius 2 is 0.806 bits per heavy atom. The van der Waals surface area contributed by atoms with E-state index in [9.17, 15) is 9.59 Å². The quantitative estimate of drug-likeness (QED) is 0.104. The lowest BCUT2D eigenvalue weighted by atomic mass is 9.76. The van der Waals surface area contributed by atoms with Crippen LogP contribution in [0.2, 0.25) is 0 Å². The summed E-state index contributed by atoms with van der Waals surface area (Å²) in [6.45, 7) is 11.6. The molecule has 378 valence electrons. The first kappa shape index (κ1) is 53.7. The first-order valence-corrected chi connectivity index (χ1v) is 25.6. The molecule has 0 heterocycles. The van der Waals surface area contributed by atoms with Gasteiger partial charge < -0.3 is 29.9 Å². The zero-order valence-corrected chi connectivity index (χ0v) is 45.9. The summed E-state index contributed by atoms with van der Waals surface area (Å²) in [5, 5.41) is 6.16. The van der Waals surface area contributed by atoms with Crippen molar-refractivity contribution >= 4 is 67.4 Å². The van der Waals surface area contributed by atoms with Gasteiger partial charge in [0.15, 0.2) is 12.1 Å². The number of halogens is 2. The summed E-state index contributed by atoms with van der Waals surface area (Å²) in [6, 6.07) is 30.8. The monoisotopic (exact) mass is 1100 g/mol. The molecular formula is C58H64Br2N4O8. The van der Waals surface area contributed by atoms with E-state index in [0.29, 0.717) is 44.5 Å². The third-order valence-corrected chi connectivity index (χ3v) is 15.7. The molecule has 0 aliphatic heterocycles. The molecule has 0 bridgehead atoms. The summed E-state index contributed by atoms with van der Waals surface area (Å²) in [4.78, 5) is 93.2. The molecule has 0 aromatic heterocycles. The van der Waals surface area contributed by atoms with Crippen molar-refractivity contribution in [1.29, 1.82) is 0 Å². The van der Waals surface area contributed by atoms with Crippen molar-refractivity contribution in [2.45, 2.75) is 103 Å². The molecule has 5 aromatic carbocycles. The number of fused-ring (bicyclic) bond motifs is 2. The third kappa shape index (κ3) is 10.9. The second kappa shape index (κ2) is 21.2. The van der Waals surface area contributed by atoms with Crippen LogP contribution in [-0.4, -0.2) is 84.8 Å². The molecule has 0 fully saturated rings. The molecule has 2 aliphatic rings. The largest absolute Gasteiger partial charge is 0.467 e. The number of ether oxygens (including phenoxy) is 2. The van der Waals surface area contributed by atoms with Gasteiger partial charge in [0.2, 0.25) is 11.8 Å². The molecule has 0 saturated heterocycles. The molecule has 12 nitrogen and oxygen atoms in total. The summed E-state index contributed by atoms with van der Waals surface area (Å²) < 4.78 is 12.2. The second-order valence-corrected chi connectivity index (χ2v) is 23.1. The molecule has 0 radical (unpaired) electrons. The minimum atomic E-state index is -1.34. The Balaban J connectivity index is 1.51. The fraction of sp³-hybridized carbons (Fsp3) is 0.379. The Labute approximate surface area is 439 Å². The fourth-order valence-electron chi connectivity index (χ4n) is 10.1. The van der Waals surface area contributed by atoms with Gasteiger partial charge in [-0.05, 0) is 149 Å². The predicted octanol–water partition coefficient (Wildman–Crippen LogP) is 9.67. The highest BCUT2D eigenvalue weighted by atomic mass is 79.9. The predicted molar refractivity (Wildman–Crippen MR) is 284 cm³/mol. The lowest BCUT2D eigenvalue weighted by molar-refractivity contribution is -0.147. The van der Waals surface area contributed by atoms with E-state index in [0.717, 1.165) is 20.1 Å². The van der Waals surface area contributed by atoms with Crippen molar-refractivity contribution in [3.05, 3.63) is 174 Å². The fourth-order valence-corrected chi connectivity index (χ4v) is 10.6. The number of nitrogens with zero attached hydrogens (tertiary/aromatic N) is 2. The van der Waals surface area contributed by atoms with Gasteiger partial charge in [0.25, 0.3) is 11.8 Å². The lowest BCUT2D eigenvalue weighted by Crippen LogP contribution is -2.47. The van der Waals surface area contributed by atoms with E-state index in [1.165, 1.54) is 14.2 Å². The van der Waals surface area contributed by atoms with Gasteiger partial charge in [-0.2, -0.15) is 0 Å². The highest BCUT2D eigenvalue weighted by Crippen LogP contribution is 2.52. The number of carbonyl (C=O) groups is 6. The molecular weight excluding hydrogens is 1040 g/mol. The Morgan fingerprint density at radius 3 is 1.07 bits per heavy atom. The molecule has 4 amide bonds. The molecule has 0 unspecified atom stereocenters. The Kier molecular flexibility index (Phi) is 15.8. The van der Waals surface area contributed by atoms with Gasteiger partial charge >= 0.3 is 11.9 Å². The van der Waals surface area contributed by atoms with Crippen LogP contribution >= 0.6 is 31.9 Å². The van der Waals surface area contributed by atoms with Crippen LogP contribution in [-0.2, 0) is 67.2 Å². The van der Waals surface area contributed by atoms with Gasteiger partial charge in [0, 0.05) is 45.2 Å². The number of nitrogens with one attached hydrogen (secondary N) is 2. The van der Waals surface area contributed by atoms with Crippen molar-refractivity contribution in [2.24, 2.45) is 10.8 Å². The number of carbonyl (C=O) groups excluding carboxylic acids is 6. The number of benzene rings is 5. The summed E-state index contributed by atoms with van der Waals surface area (Å²) in [5.41, 5.74) is 1.49. The number of hydrogen-bond acceptors (Lipinski definition) is 8. The summed E-state index contributed by atoms with van der Waals surface area (Å²) in [6.07, 6.45) is 0.437. The maximum atomic E-state index is 15.7. The van der Waals surface area contributed by atoms with Gasteiger partial charge in [-0.15, -0.1) is 0 Å². The highest BCUT2D eigenvalue weighted by molar-refractivity contribution is 9.10. The summed E-state index contributed by atoms with van der Waals surface area (Å²) in [7, 11) is 6.03. The topological polar surface area (TPSA) is 151 Å². The molecule has 7 rings (SSSR count). The SMILES string of the molecule is COC(=O)[C@@H](NC(=O)C1(Cc2ccc(Br)cc2)Cc2c(c(C(=O)N(C)C(C)(C)C)c3c(c2C(=O)N(C)C(C)(C)C)CC(Cc2ccc(Br)cc2)(C(=O)N[C@H](C(=O)OC)c2ccccc2)C3)C1)c1ccccc1. The van der Waals surface area contributed by atoms with Crippen LogP contribution in [0.25, 0.3) is 0 Å². The second-order valence-electron chi connectivity index (χ2n) is 21.3. The van der Waals surface area contributed by atoms with E-state index in [-0.39, 0.29) is 50.3 Å². The average molecular weight is 1100 g/mol. The van der Waals surface area contributed by atoms with Crippen LogP contribution in [0.5, 0.6) is 0 Å². The van der Waals surface area contributed by atoms with Crippen molar-refractivity contribution in [1.82, 2.24) is 20.4 Å². The minimum Gasteiger partial charge on any atom is -0.467 e. The van der Waals surface area contributed by atoms with Gasteiger partial charge in [0.05, 0.1) is 25.0 Å². The van der Waals surface area contributed by atoms with Gasteiger partial charge in [-0.1, -0.05) is 117 Å². The molecule has 0 saturated carbocycles. The van der Waals surface area contributed by atoms with Crippen molar-refractivity contribution in [3.63, 3.8) is 0 Å². The maximum Gasteiger partial charge on any atom is 0.333 e. The highest BCUT2D eigenvalue weighted by Gasteiger charge is 2.54. The maximum absolute atomic E-state index is 15.7. The standard InChI is InChI=1S/C58H64Br2N4O8/c1-55(2,3)63(7)49(65)45-41-31-57(29-35-21-25-39(59)26-22-35,53(69)61-47(51(67)71-9)37-17-13-11-14-18-37)33-43(41)46(50(66)64(8)56(4,5)6)44-34-58(32-42(44)45,30-36-23-27-40(60)28-24-36)54(70)62-48(52(68)72-10)38-19-15-12-16-20-38/h11-28,47-48H,29-34H2,1-10H3,(H,61,69)(H,62,70)/t47-,48-,57?,58?/m0/s1. The van der Waals surface area contributed by atoms with E-state index in [2.05, 4.69) is 42.5 Å². The van der Waals surface area contributed by atoms with E-state index in [1.54, 1.807) is 72.4 Å². The molecule has 2 aliphatic carbocycles. The minimum absolute atomic E-state index is 0.0170. The van der Waals surface area contributed by atoms with Crippen LogP contribution in [0.15, 0.2) is 118 Å². The molecule has 2 N–H and O–H groups in total. The van der Waals surface area contributed by atoms with Crippen molar-refractivity contribution in [2.75, 3.05) is 28.3 Å². The van der Waals surface area contributed by atoms with Crippen LogP contribution < -0.4 is 10.6 Å². The zero-order valence-electron chi connectivity index (χ0n) is 42.7. The summed E-state index contributed by atoms with van der Waals surface area (Å²) in [5.74, 6) is -2.88. The number of rotatable bonds is 14. The molecule has 2 atom stereocenters. The van der Waals surface area contributed by atoms with Crippen LogP contribution in [0.1, 0.15) is 119 Å². The van der Waals surface area contributed by atoms with Gasteiger partial charge in [0.1, 0.15) is 0 Å². The first-order valence-electron chi connectivity index (χ1n) is 24.1. The molecule has 5 aromatic rings. The van der Waals surface area contributed by atoms with Crippen LogP contribution in [0.4, 0.5) is 0 Å². The normalized spacial score (nSPS) is 15.3. The Morgan fingerprint density at radius 1 is 0.514 bits per heavy atom. The number of methoxy groups -OCH3 is 2. The molecule has 14 heteroatoms. The van der Waals surface area contributed by atoms with E-state index >= 15 is 19.2 Å². The van der Waals surface area contributed by atoms with E-state index < -0.39 is 57.7 Å². The van der Waals surface area contributed by atoms with Crippen LogP contribution in [0.3, 0.4) is 0 Å². The van der Waals surface area contributed by atoms with E-state index in [4.69, 9.17) is 9.47 Å². The third-order valence-electron chi connectivity index (χ3n) is 14.6. The first-order chi connectivity index (χ1) is 33.9. The molecule has 0 spiro atoms. The smallest absolute Gasteiger partial charge is 0.333 e. The van der Waals surface area contributed by atoms with Crippen LogP contribution in [0, 0.1) is 10.8 Å². The zero-order chi connectivity index (χ0) is 52.5. The van der Waals surface area contributed by atoms with E-state index in [1.807, 2.05) is 102 Å². The van der Waals surface area contributed by atoms with Gasteiger partial charge in [-0.25, -0.2) is 9.59 Å². The van der Waals surface area contributed by atoms with Crippen molar-refractivity contribution < 1.29 is 38.2 Å². The Bertz CT molecular complexity index is 2640. The Hall–Kier alpha value is -6.12. The number of amides is 4. The van der Waals surface area contributed by atoms with Gasteiger partial charge in [-0.3, -0.25) is 19.2 Å². The molecule has 72 heavy (non-hydrogen) atoms. The summed E-state index contributed by atoms with van der Waals surface area (Å²) >= 11 is 7.11. The number of esters is 2. The van der Waals surface area contributed by atoms with Crippen molar-refractivity contribution in [3.8, 4) is 0 Å². The average Bonchev–Trinajstić information content (AvgIpc) is 3.93. The number of hydrogen-bond donors (Lipinski definition) is 2. The lowest BCUT2D eigenvalue weighted by Gasteiger charge is -2.35.